The highest BCUT2D eigenvalue weighted by molar-refractivity contribution is 5.84. The summed E-state index contributed by atoms with van der Waals surface area (Å²) in [6, 6.07) is 4.80. The summed E-state index contributed by atoms with van der Waals surface area (Å²) in [6.07, 6.45) is 11.1. The maximum atomic E-state index is 13.9. The zero-order valence-electron chi connectivity index (χ0n) is 18.8. The second kappa shape index (κ2) is 13.0. The van der Waals surface area contributed by atoms with Crippen LogP contribution in [0.1, 0.15) is 77.8 Å². The molecular weight excluding hydrogens is 359 g/mol. The molecule has 1 atom stereocenters. The van der Waals surface area contributed by atoms with E-state index in [0.717, 1.165) is 42.4 Å². The van der Waals surface area contributed by atoms with Gasteiger partial charge in [0.1, 0.15) is 5.82 Å². The molecular formula is C26H37FN2. The van der Waals surface area contributed by atoms with Gasteiger partial charge in [-0.1, -0.05) is 45.4 Å². The van der Waals surface area contributed by atoms with Gasteiger partial charge in [0.25, 0.3) is 0 Å². The summed E-state index contributed by atoms with van der Waals surface area (Å²) in [6.45, 7) is 14.7. The molecule has 3 heteroatoms. The largest absolute Gasteiger partial charge is 0.308 e. The smallest absolute Gasteiger partial charge is 0.123 e. The molecule has 158 valence electrons. The molecule has 1 rings (SSSR count). The summed E-state index contributed by atoms with van der Waals surface area (Å²) in [7, 11) is 0. The number of benzene rings is 1. The van der Waals surface area contributed by atoms with Crippen molar-refractivity contribution in [1.82, 2.24) is 0 Å². The van der Waals surface area contributed by atoms with E-state index in [2.05, 4.69) is 45.3 Å². The molecule has 0 radical (unpaired) electrons. The van der Waals surface area contributed by atoms with E-state index in [9.17, 15) is 4.39 Å². The van der Waals surface area contributed by atoms with Gasteiger partial charge in [0.2, 0.25) is 0 Å². The minimum absolute atomic E-state index is 0.253. The number of hydrogen-bond donors (Lipinski definition) is 1. The van der Waals surface area contributed by atoms with E-state index in [1.807, 2.05) is 13.1 Å². The van der Waals surface area contributed by atoms with Crippen molar-refractivity contribution in [3.05, 3.63) is 64.5 Å². The molecule has 0 spiro atoms. The number of nitrogens with one attached hydrogen (secondary N) is 1. The summed E-state index contributed by atoms with van der Waals surface area (Å²) in [5.74, 6) is 0.192. The third kappa shape index (κ3) is 7.92. The molecule has 0 saturated carbocycles. The number of unbranched alkanes of at least 4 members (excludes halogenated alkanes) is 1. The van der Waals surface area contributed by atoms with Crippen molar-refractivity contribution in [3.8, 4) is 0 Å². The predicted molar refractivity (Wildman–Crippen MR) is 126 cm³/mol. The second-order valence-electron chi connectivity index (χ2n) is 7.64. The summed E-state index contributed by atoms with van der Waals surface area (Å²) < 4.78 is 13.9. The second-order valence-corrected chi connectivity index (χ2v) is 7.64. The number of aryl methyl sites for hydroxylation is 1. The lowest BCUT2D eigenvalue weighted by atomic mass is 9.91. The maximum absolute atomic E-state index is 13.9. The van der Waals surface area contributed by atoms with Crippen molar-refractivity contribution in [1.29, 1.82) is 5.41 Å². The molecule has 1 N–H and O–H groups in total. The van der Waals surface area contributed by atoms with Gasteiger partial charge in [-0.15, -0.1) is 0 Å². The first-order chi connectivity index (χ1) is 13.9. The van der Waals surface area contributed by atoms with Crippen molar-refractivity contribution in [2.45, 2.75) is 73.1 Å². The molecule has 0 aliphatic heterocycles. The first kappa shape index (κ1) is 24.7. The fourth-order valence-corrected chi connectivity index (χ4v) is 3.22. The van der Waals surface area contributed by atoms with E-state index in [0.29, 0.717) is 24.5 Å². The molecule has 0 saturated heterocycles. The number of hydrogen-bond acceptors (Lipinski definition) is 2. The van der Waals surface area contributed by atoms with E-state index >= 15 is 0 Å². The van der Waals surface area contributed by atoms with Crippen molar-refractivity contribution < 1.29 is 4.39 Å². The third-order valence-electron chi connectivity index (χ3n) is 5.65. The maximum Gasteiger partial charge on any atom is 0.123 e. The van der Waals surface area contributed by atoms with Crippen LogP contribution in [0.3, 0.4) is 0 Å². The molecule has 0 aromatic heterocycles. The van der Waals surface area contributed by atoms with Crippen LogP contribution in [0.2, 0.25) is 0 Å². The van der Waals surface area contributed by atoms with Gasteiger partial charge in [-0.3, -0.25) is 4.99 Å². The lowest BCUT2D eigenvalue weighted by Crippen LogP contribution is -2.03. The first-order valence-electron chi connectivity index (χ1n) is 10.7. The Balaban J connectivity index is 3.05. The minimum Gasteiger partial charge on any atom is -0.308 e. The van der Waals surface area contributed by atoms with E-state index in [1.54, 1.807) is 12.1 Å². The minimum atomic E-state index is -0.253. The Morgan fingerprint density at radius 2 is 2.00 bits per heavy atom. The molecule has 2 nitrogen and oxygen atoms in total. The Kier molecular flexibility index (Phi) is 11.1. The Bertz CT molecular complexity index is 784. The van der Waals surface area contributed by atoms with Crippen molar-refractivity contribution in [3.63, 3.8) is 0 Å². The number of aliphatic imine (C=N–C) groups is 1. The Morgan fingerprint density at radius 1 is 1.28 bits per heavy atom. The van der Waals surface area contributed by atoms with Crippen LogP contribution in [-0.2, 0) is 6.42 Å². The van der Waals surface area contributed by atoms with Crippen LogP contribution in [-0.4, -0.2) is 12.4 Å². The average molecular weight is 397 g/mol. The highest BCUT2D eigenvalue weighted by atomic mass is 19.1. The number of allylic oxidation sites excluding steroid dienone is 4. The highest BCUT2D eigenvalue weighted by Gasteiger charge is 2.11. The SMILES string of the molecule is C=C(/N=C\C(=C/C)CCCC)c1ccc(F)cc1CC/C(C=N)=C(\C)C(C)CC. The van der Waals surface area contributed by atoms with Crippen LogP contribution >= 0.6 is 0 Å². The predicted octanol–water partition coefficient (Wildman–Crippen LogP) is 7.95. The van der Waals surface area contributed by atoms with Crippen LogP contribution in [0.5, 0.6) is 0 Å². The molecule has 1 aromatic rings. The Labute approximate surface area is 176 Å². The van der Waals surface area contributed by atoms with Gasteiger partial charge >= 0.3 is 0 Å². The molecule has 0 bridgehead atoms. The van der Waals surface area contributed by atoms with Crippen molar-refractivity contribution in [2.24, 2.45) is 10.9 Å². The molecule has 29 heavy (non-hydrogen) atoms. The van der Waals surface area contributed by atoms with Crippen molar-refractivity contribution in [2.75, 3.05) is 0 Å². The molecule has 1 aromatic carbocycles. The zero-order valence-corrected chi connectivity index (χ0v) is 18.8. The van der Waals surface area contributed by atoms with Gasteiger partial charge in [-0.05, 0) is 86.8 Å². The van der Waals surface area contributed by atoms with Crippen LogP contribution in [0.15, 0.2) is 52.6 Å². The lowest BCUT2D eigenvalue weighted by Gasteiger charge is -2.15. The molecule has 0 heterocycles. The third-order valence-corrected chi connectivity index (χ3v) is 5.65. The van der Waals surface area contributed by atoms with Crippen LogP contribution < -0.4 is 0 Å². The Morgan fingerprint density at radius 3 is 2.59 bits per heavy atom. The van der Waals surface area contributed by atoms with Gasteiger partial charge in [0.15, 0.2) is 0 Å². The van der Waals surface area contributed by atoms with Gasteiger partial charge < -0.3 is 5.41 Å². The molecule has 0 aliphatic carbocycles. The number of nitrogens with zero attached hydrogens (tertiary/aromatic N) is 1. The van der Waals surface area contributed by atoms with E-state index in [-0.39, 0.29) is 5.82 Å². The normalized spacial score (nSPS) is 14.1. The van der Waals surface area contributed by atoms with Gasteiger partial charge in [-0.25, -0.2) is 4.39 Å². The Hall–Kier alpha value is -2.29. The highest BCUT2D eigenvalue weighted by Crippen LogP contribution is 2.25. The molecule has 0 amide bonds. The van der Waals surface area contributed by atoms with E-state index in [4.69, 9.17) is 5.41 Å². The van der Waals surface area contributed by atoms with Crippen LogP contribution in [0.4, 0.5) is 4.39 Å². The van der Waals surface area contributed by atoms with E-state index in [1.165, 1.54) is 23.4 Å². The van der Waals surface area contributed by atoms with Crippen LogP contribution in [0, 0.1) is 17.1 Å². The zero-order chi connectivity index (χ0) is 21.8. The van der Waals surface area contributed by atoms with Crippen LogP contribution in [0.25, 0.3) is 5.70 Å². The standard InChI is InChI=1S/C26H37FN2/c1-7-10-11-22(9-3)18-29-21(6)26-15-14-25(27)16-23(26)12-13-24(17-28)20(5)19(4)8-2/h9,14-19,28H,6-8,10-13H2,1-5H3/b22-9-,24-20-,28-17?,29-18-. The van der Waals surface area contributed by atoms with Gasteiger partial charge in [0, 0.05) is 18.0 Å². The molecule has 0 fully saturated rings. The van der Waals surface area contributed by atoms with Gasteiger partial charge in [-0.2, -0.15) is 0 Å². The van der Waals surface area contributed by atoms with E-state index < -0.39 is 0 Å². The topological polar surface area (TPSA) is 36.2 Å². The number of rotatable bonds is 12. The summed E-state index contributed by atoms with van der Waals surface area (Å²) in [4.78, 5) is 4.57. The first-order valence-corrected chi connectivity index (χ1v) is 10.7. The summed E-state index contributed by atoms with van der Waals surface area (Å²) >= 11 is 0. The summed E-state index contributed by atoms with van der Waals surface area (Å²) in [5, 5.41) is 7.79. The number of halogens is 1. The average Bonchev–Trinajstić information content (AvgIpc) is 2.73. The van der Waals surface area contributed by atoms with Crippen molar-refractivity contribution >= 4 is 18.1 Å². The summed E-state index contributed by atoms with van der Waals surface area (Å²) in [5.41, 5.74) is 5.87. The molecule has 0 aliphatic rings. The fraction of sp³-hybridized carbons (Fsp3) is 0.462. The van der Waals surface area contributed by atoms with Gasteiger partial charge in [0.05, 0.1) is 5.70 Å². The monoisotopic (exact) mass is 396 g/mol. The quantitative estimate of drug-likeness (QED) is 0.348. The molecule has 1 unspecified atom stereocenters. The fourth-order valence-electron chi connectivity index (χ4n) is 3.22. The lowest BCUT2D eigenvalue weighted by molar-refractivity contribution is 0.624.